The minimum atomic E-state index is -4.49. The molecule has 0 heterocycles. The number of rotatable bonds is 7. The topological polar surface area (TPSA) is 91.3 Å². The third-order valence-electron chi connectivity index (χ3n) is 4.52. The van der Waals surface area contributed by atoms with E-state index in [1.165, 1.54) is 0 Å². The normalized spacial score (nSPS) is 15.2. The molecule has 6 heteroatoms. The van der Waals surface area contributed by atoms with Crippen LogP contribution >= 0.6 is 7.21 Å². The quantitative estimate of drug-likeness (QED) is 0.705. The van der Waals surface area contributed by atoms with Crippen molar-refractivity contribution in [3.8, 4) is 12.1 Å². The second-order valence-corrected chi connectivity index (χ2v) is 11.4. The molecular formula is C14H28N3O2P. The summed E-state index contributed by atoms with van der Waals surface area (Å²) in [6.07, 6.45) is 0.0619. The van der Waals surface area contributed by atoms with E-state index in [-0.39, 0.29) is 12.8 Å². The Hall–Kier alpha value is -0.710. The molecule has 0 fully saturated rings. The van der Waals surface area contributed by atoms with Crippen LogP contribution in [0, 0.1) is 22.7 Å². The van der Waals surface area contributed by atoms with Crippen LogP contribution in [0.15, 0.2) is 0 Å². The number of hydrogen-bond donors (Lipinski definition) is 2. The van der Waals surface area contributed by atoms with Crippen LogP contribution in [0.3, 0.4) is 0 Å². The fraction of sp³-hybridized carbons (Fsp3) is 0.857. The second-order valence-electron chi connectivity index (χ2n) is 6.41. The average Bonchev–Trinajstić information content (AvgIpc) is 2.29. The van der Waals surface area contributed by atoms with Gasteiger partial charge in [-0.15, -0.1) is 0 Å². The molecule has 0 saturated carbocycles. The molecule has 0 aliphatic carbocycles. The zero-order chi connectivity index (χ0) is 16.3. The van der Waals surface area contributed by atoms with Gasteiger partial charge in [-0.1, -0.05) is 0 Å². The maximum atomic E-state index is 11.6. The molecule has 5 nitrogen and oxygen atoms in total. The first kappa shape index (κ1) is 19.3. The third-order valence-corrected chi connectivity index (χ3v) is 10.9. The molecule has 20 heavy (non-hydrogen) atoms. The van der Waals surface area contributed by atoms with Gasteiger partial charge in [-0.25, -0.2) is 0 Å². The average molecular weight is 301 g/mol. The molecule has 2 N–H and O–H groups in total. The van der Waals surface area contributed by atoms with Crippen molar-refractivity contribution in [2.75, 3.05) is 13.1 Å². The van der Waals surface area contributed by atoms with Gasteiger partial charge in [-0.05, 0) is 0 Å². The summed E-state index contributed by atoms with van der Waals surface area (Å²) in [5, 5.41) is 16.1. The van der Waals surface area contributed by atoms with E-state index in [9.17, 15) is 9.79 Å². The van der Waals surface area contributed by atoms with E-state index in [1.807, 2.05) is 13.8 Å². The van der Waals surface area contributed by atoms with Crippen molar-refractivity contribution in [2.45, 2.75) is 64.7 Å². The fourth-order valence-electron chi connectivity index (χ4n) is 3.02. The molecule has 0 aromatic carbocycles. The molecule has 0 rings (SSSR count). The van der Waals surface area contributed by atoms with E-state index in [2.05, 4.69) is 12.1 Å². The first-order chi connectivity index (χ1) is 8.95. The molecule has 0 aromatic heterocycles. The molecule has 0 unspecified atom stereocenters. The molecule has 0 saturated heterocycles. The molecule has 0 amide bonds. The molecule has 0 aliphatic rings. The van der Waals surface area contributed by atoms with Gasteiger partial charge >= 0.3 is 122 Å². The molecule has 0 bridgehead atoms. The summed E-state index contributed by atoms with van der Waals surface area (Å²) in [6, 6.07) is 4.12. The summed E-state index contributed by atoms with van der Waals surface area (Å²) in [7, 11) is -4.49. The Morgan fingerprint density at radius 1 is 0.900 bits per heavy atom. The van der Waals surface area contributed by atoms with E-state index in [4.69, 9.17) is 10.5 Å². The van der Waals surface area contributed by atoms with Gasteiger partial charge in [0.05, 0.1) is 0 Å². The molecular weight excluding hydrogens is 273 g/mol. The first-order valence-electron chi connectivity index (χ1n) is 6.96. The number of nitriles is 2. The van der Waals surface area contributed by atoms with Crippen LogP contribution in [0.5, 0.6) is 0 Å². The summed E-state index contributed by atoms with van der Waals surface area (Å²) in [4.78, 5) is 23.1. The SMILES string of the molecule is CCN(CC)P(O)(O)(C(C)(C)CC#N)C(C)(C)CC#N. The predicted octanol–water partition coefficient (Wildman–Crippen LogP) is 3.00. The first-order valence-corrected chi connectivity index (χ1v) is 9.05. The Bertz CT molecular complexity index is 397. The van der Waals surface area contributed by atoms with Gasteiger partial charge in [0.2, 0.25) is 0 Å². The zero-order valence-electron chi connectivity index (χ0n) is 13.5. The van der Waals surface area contributed by atoms with Gasteiger partial charge in [-0.2, -0.15) is 0 Å². The van der Waals surface area contributed by atoms with Crippen LogP contribution in [-0.4, -0.2) is 37.9 Å². The minimum absolute atomic E-state index is 0.0309. The van der Waals surface area contributed by atoms with Crippen LogP contribution in [0.4, 0.5) is 0 Å². The summed E-state index contributed by atoms with van der Waals surface area (Å²) in [6.45, 7) is 11.5. The Morgan fingerprint density at radius 3 is 1.40 bits per heavy atom. The van der Waals surface area contributed by atoms with Crippen molar-refractivity contribution < 1.29 is 9.79 Å². The van der Waals surface area contributed by atoms with E-state index in [0.29, 0.717) is 13.1 Å². The van der Waals surface area contributed by atoms with Gasteiger partial charge in [-0.3, -0.25) is 0 Å². The van der Waals surface area contributed by atoms with Crippen LogP contribution in [0.25, 0.3) is 0 Å². The van der Waals surface area contributed by atoms with E-state index < -0.39 is 17.5 Å². The monoisotopic (exact) mass is 301 g/mol. The Kier molecular flexibility index (Phi) is 5.75. The standard InChI is InChI=1S/C14H28N3O2P/c1-7-17(8-2)20(18,19,13(3,4)9-11-15)14(5,6)10-12-16/h18-19H,7-10H2,1-6H3. The maximum absolute atomic E-state index is 11.6. The van der Waals surface area contributed by atoms with Crippen LogP contribution in [-0.2, 0) is 0 Å². The van der Waals surface area contributed by atoms with Crippen molar-refractivity contribution in [3.05, 3.63) is 0 Å². The van der Waals surface area contributed by atoms with E-state index in [0.717, 1.165) is 0 Å². The van der Waals surface area contributed by atoms with Crippen molar-refractivity contribution in [3.63, 3.8) is 0 Å². The van der Waals surface area contributed by atoms with Gasteiger partial charge in [0.1, 0.15) is 0 Å². The predicted molar refractivity (Wildman–Crippen MR) is 82.9 cm³/mol. The van der Waals surface area contributed by atoms with E-state index in [1.54, 1.807) is 32.4 Å². The van der Waals surface area contributed by atoms with Gasteiger partial charge in [0, 0.05) is 0 Å². The van der Waals surface area contributed by atoms with Crippen LogP contribution < -0.4 is 0 Å². The molecule has 116 valence electrons. The van der Waals surface area contributed by atoms with Crippen molar-refractivity contribution in [1.29, 1.82) is 10.5 Å². The number of hydrogen-bond acceptors (Lipinski definition) is 5. The van der Waals surface area contributed by atoms with Crippen LogP contribution in [0.1, 0.15) is 54.4 Å². The van der Waals surface area contributed by atoms with Gasteiger partial charge in [0.25, 0.3) is 0 Å². The molecule has 0 radical (unpaired) electrons. The summed E-state index contributed by atoms with van der Waals surface area (Å²) in [5.74, 6) is 0. The Morgan fingerprint density at radius 2 is 1.20 bits per heavy atom. The van der Waals surface area contributed by atoms with Crippen molar-refractivity contribution in [2.24, 2.45) is 0 Å². The van der Waals surface area contributed by atoms with E-state index >= 15 is 0 Å². The Balaban J connectivity index is 6.35. The van der Waals surface area contributed by atoms with Crippen LogP contribution in [0.2, 0.25) is 0 Å². The Labute approximate surface area is 123 Å². The zero-order valence-corrected chi connectivity index (χ0v) is 14.4. The third kappa shape index (κ3) is 2.45. The summed E-state index contributed by atoms with van der Waals surface area (Å²) < 4.78 is 1.67. The summed E-state index contributed by atoms with van der Waals surface area (Å²) >= 11 is 0. The number of nitrogens with zero attached hydrogens (tertiary/aromatic N) is 3. The summed E-state index contributed by atoms with van der Waals surface area (Å²) in [5.41, 5.74) is 0. The molecule has 0 aromatic rings. The molecule has 0 atom stereocenters. The van der Waals surface area contributed by atoms with Gasteiger partial charge in [0.15, 0.2) is 0 Å². The van der Waals surface area contributed by atoms with Crippen molar-refractivity contribution >= 4 is 7.21 Å². The van der Waals surface area contributed by atoms with Crippen molar-refractivity contribution in [1.82, 2.24) is 4.67 Å². The second kappa shape index (κ2) is 5.96. The van der Waals surface area contributed by atoms with Gasteiger partial charge < -0.3 is 0 Å². The molecule has 0 aliphatic heterocycles. The fourth-order valence-corrected chi connectivity index (χ4v) is 7.99. The molecule has 0 spiro atoms.